The van der Waals surface area contributed by atoms with Crippen molar-refractivity contribution in [1.29, 1.82) is 0 Å². The van der Waals surface area contributed by atoms with Crippen molar-refractivity contribution < 1.29 is 0 Å². The SMILES string of the molecule is CN([O-])Cc1cccs1. The van der Waals surface area contributed by atoms with Gasteiger partial charge in [-0.05, 0) is 18.5 Å². The number of thiophene rings is 1. The van der Waals surface area contributed by atoms with Crippen LogP contribution in [0.15, 0.2) is 17.5 Å². The zero-order chi connectivity index (χ0) is 6.69. The smallest absolute Gasteiger partial charge is 0.0208 e. The predicted octanol–water partition coefficient (Wildman–Crippen LogP) is 1.68. The van der Waals surface area contributed by atoms with Gasteiger partial charge in [-0.25, -0.2) is 0 Å². The number of rotatable bonds is 2. The molecule has 0 aliphatic carbocycles. The van der Waals surface area contributed by atoms with E-state index in [-0.39, 0.29) is 0 Å². The molecule has 9 heavy (non-hydrogen) atoms. The molecule has 0 fully saturated rings. The number of hydrogen-bond donors (Lipinski definition) is 0. The third kappa shape index (κ3) is 2.13. The van der Waals surface area contributed by atoms with Gasteiger partial charge in [0.05, 0.1) is 0 Å². The molecule has 1 aromatic rings. The number of nitrogens with zero attached hydrogens (tertiary/aromatic N) is 1. The van der Waals surface area contributed by atoms with Crippen LogP contribution in [0.5, 0.6) is 0 Å². The molecule has 2 nitrogen and oxygen atoms in total. The Morgan fingerprint density at radius 3 is 3.00 bits per heavy atom. The number of hydrogen-bond acceptors (Lipinski definition) is 3. The van der Waals surface area contributed by atoms with Gasteiger partial charge in [0, 0.05) is 11.4 Å². The highest BCUT2D eigenvalue weighted by Crippen LogP contribution is 2.09. The Hall–Kier alpha value is -0.380. The van der Waals surface area contributed by atoms with Crippen LogP contribution in [0, 0.1) is 5.21 Å². The molecule has 0 saturated carbocycles. The first-order chi connectivity index (χ1) is 4.29. The fourth-order valence-corrected chi connectivity index (χ4v) is 1.37. The minimum Gasteiger partial charge on any atom is -0.785 e. The normalized spacial score (nSPS) is 10.6. The van der Waals surface area contributed by atoms with Crippen LogP contribution < -0.4 is 0 Å². The van der Waals surface area contributed by atoms with Gasteiger partial charge in [-0.15, -0.1) is 11.3 Å². The molecule has 0 aliphatic rings. The summed E-state index contributed by atoms with van der Waals surface area (Å²) in [6.45, 7) is 0.512. The quantitative estimate of drug-likeness (QED) is 0.587. The summed E-state index contributed by atoms with van der Waals surface area (Å²) in [5, 5.41) is 13.3. The van der Waals surface area contributed by atoms with Crippen LogP contribution in [-0.4, -0.2) is 12.1 Å². The van der Waals surface area contributed by atoms with E-state index >= 15 is 0 Å². The first-order valence-electron chi connectivity index (χ1n) is 2.69. The summed E-state index contributed by atoms with van der Waals surface area (Å²) in [4.78, 5) is 1.12. The zero-order valence-corrected chi connectivity index (χ0v) is 6.02. The monoisotopic (exact) mass is 142 g/mol. The lowest BCUT2D eigenvalue weighted by Gasteiger charge is -2.20. The average Bonchev–Trinajstić information content (AvgIpc) is 2.15. The van der Waals surface area contributed by atoms with Gasteiger partial charge >= 0.3 is 0 Å². The Labute approximate surface area is 58.3 Å². The molecule has 0 radical (unpaired) electrons. The Balaban J connectivity index is 2.48. The molecule has 0 aliphatic heterocycles. The molecule has 1 rings (SSSR count). The van der Waals surface area contributed by atoms with Crippen LogP contribution in [-0.2, 0) is 6.54 Å². The van der Waals surface area contributed by atoms with Crippen molar-refractivity contribution in [3.05, 3.63) is 27.6 Å². The molecule has 0 saturated heterocycles. The van der Waals surface area contributed by atoms with Gasteiger partial charge in [-0.2, -0.15) is 0 Å². The molecule has 1 aromatic heterocycles. The highest BCUT2D eigenvalue weighted by Gasteiger charge is 1.88. The Morgan fingerprint density at radius 2 is 2.56 bits per heavy atom. The van der Waals surface area contributed by atoms with Crippen molar-refractivity contribution in [2.75, 3.05) is 7.05 Å². The van der Waals surface area contributed by atoms with Crippen LogP contribution >= 0.6 is 11.3 Å². The van der Waals surface area contributed by atoms with Gasteiger partial charge in [0.2, 0.25) is 0 Å². The lowest BCUT2D eigenvalue weighted by molar-refractivity contribution is 0.458. The van der Waals surface area contributed by atoms with Crippen molar-refractivity contribution in [1.82, 2.24) is 5.06 Å². The largest absolute Gasteiger partial charge is 0.785 e. The van der Waals surface area contributed by atoms with E-state index in [2.05, 4.69) is 0 Å². The first kappa shape index (κ1) is 6.74. The maximum Gasteiger partial charge on any atom is 0.0208 e. The molecule has 0 unspecified atom stereocenters. The summed E-state index contributed by atoms with van der Waals surface area (Å²) in [7, 11) is 1.53. The first-order valence-corrected chi connectivity index (χ1v) is 3.57. The van der Waals surface area contributed by atoms with Crippen LogP contribution in [0.25, 0.3) is 0 Å². The van der Waals surface area contributed by atoms with Gasteiger partial charge in [0.1, 0.15) is 0 Å². The van der Waals surface area contributed by atoms with Crippen molar-refractivity contribution in [2.24, 2.45) is 0 Å². The second-order valence-corrected chi connectivity index (χ2v) is 2.90. The maximum atomic E-state index is 10.4. The predicted molar refractivity (Wildman–Crippen MR) is 39.2 cm³/mol. The van der Waals surface area contributed by atoms with Gasteiger partial charge in [-0.1, -0.05) is 6.07 Å². The second-order valence-electron chi connectivity index (χ2n) is 1.87. The molecule has 1 heterocycles. The van der Waals surface area contributed by atoms with Crippen molar-refractivity contribution in [3.63, 3.8) is 0 Å². The summed E-state index contributed by atoms with van der Waals surface area (Å²) >= 11 is 1.61. The molecule has 3 heteroatoms. The molecule has 0 N–H and O–H groups in total. The highest BCUT2D eigenvalue weighted by atomic mass is 32.1. The van der Waals surface area contributed by atoms with E-state index in [9.17, 15) is 5.21 Å². The Kier molecular flexibility index (Phi) is 2.22. The second kappa shape index (κ2) is 2.96. The average molecular weight is 142 g/mol. The summed E-state index contributed by atoms with van der Waals surface area (Å²) in [6.07, 6.45) is 0. The molecule has 0 spiro atoms. The van der Waals surface area contributed by atoms with Crippen LogP contribution in [0.1, 0.15) is 4.88 Å². The molecule has 0 bridgehead atoms. The van der Waals surface area contributed by atoms with Crippen LogP contribution in [0.4, 0.5) is 0 Å². The molecular weight excluding hydrogens is 134 g/mol. The summed E-state index contributed by atoms with van der Waals surface area (Å²) < 4.78 is 0. The number of hydroxylamine groups is 2. The van der Waals surface area contributed by atoms with Gasteiger partial charge in [0.15, 0.2) is 0 Å². The lowest BCUT2D eigenvalue weighted by atomic mass is 10.5. The summed E-state index contributed by atoms with van der Waals surface area (Å²) in [5.41, 5.74) is 0. The highest BCUT2D eigenvalue weighted by molar-refractivity contribution is 7.09. The maximum absolute atomic E-state index is 10.4. The molecule has 50 valence electrons. The van der Waals surface area contributed by atoms with Gasteiger partial charge in [-0.3, -0.25) is 0 Å². The minimum absolute atomic E-state index is 0.512. The summed E-state index contributed by atoms with van der Waals surface area (Å²) in [5.74, 6) is 0. The molecule has 0 amide bonds. The topological polar surface area (TPSA) is 26.3 Å². The molecule has 0 atom stereocenters. The lowest BCUT2D eigenvalue weighted by Crippen LogP contribution is -2.06. The zero-order valence-electron chi connectivity index (χ0n) is 5.20. The van der Waals surface area contributed by atoms with E-state index in [1.165, 1.54) is 7.05 Å². The van der Waals surface area contributed by atoms with E-state index < -0.39 is 0 Å². The van der Waals surface area contributed by atoms with E-state index in [1.54, 1.807) is 11.3 Å². The molecular formula is C6H8NOS-. The standard InChI is InChI=1S/C6H8NOS/c1-7(8)5-6-3-2-4-9-6/h2-4H,5H2,1H3/q-1. The van der Waals surface area contributed by atoms with Gasteiger partial charge in [0.25, 0.3) is 0 Å². The fourth-order valence-electron chi connectivity index (χ4n) is 0.622. The van der Waals surface area contributed by atoms with E-state index in [1.807, 2.05) is 17.5 Å². The van der Waals surface area contributed by atoms with E-state index in [0.717, 1.165) is 9.94 Å². The van der Waals surface area contributed by atoms with Crippen LogP contribution in [0.2, 0.25) is 0 Å². The van der Waals surface area contributed by atoms with Gasteiger partial charge < -0.3 is 10.3 Å². The summed E-state index contributed by atoms with van der Waals surface area (Å²) in [6, 6.07) is 3.91. The van der Waals surface area contributed by atoms with Crippen molar-refractivity contribution >= 4 is 11.3 Å². The minimum atomic E-state index is 0.512. The van der Waals surface area contributed by atoms with Crippen LogP contribution in [0.3, 0.4) is 0 Å². The molecule has 0 aromatic carbocycles. The Bertz CT molecular complexity index is 160. The third-order valence-electron chi connectivity index (χ3n) is 0.959. The van der Waals surface area contributed by atoms with E-state index in [0.29, 0.717) is 6.54 Å². The van der Waals surface area contributed by atoms with Crippen molar-refractivity contribution in [2.45, 2.75) is 6.54 Å². The fraction of sp³-hybridized carbons (Fsp3) is 0.333. The van der Waals surface area contributed by atoms with E-state index in [4.69, 9.17) is 0 Å². The van der Waals surface area contributed by atoms with Crippen molar-refractivity contribution in [3.8, 4) is 0 Å². The third-order valence-corrected chi connectivity index (χ3v) is 1.82. The Morgan fingerprint density at radius 1 is 1.78 bits per heavy atom.